The number of anilines is 1. The van der Waals surface area contributed by atoms with Crippen LogP contribution in [-0.4, -0.2) is 54.0 Å². The standard InChI is InChI=1S/C19H28FN3O/c1-15(19(24)21-18-8-4-3-7-17(18)20)22-13-9-16(10-14-22)23-11-5-2-6-12-23/h3-4,7-8,15-16H,2,5-6,9-14H2,1H3,(H,21,24)/t15-/m0/s1. The lowest BCUT2D eigenvalue weighted by molar-refractivity contribution is -0.121. The minimum Gasteiger partial charge on any atom is -0.322 e. The summed E-state index contributed by atoms with van der Waals surface area (Å²) in [5, 5.41) is 2.72. The van der Waals surface area contributed by atoms with Crippen LogP contribution >= 0.6 is 0 Å². The van der Waals surface area contributed by atoms with Crippen molar-refractivity contribution in [1.29, 1.82) is 0 Å². The smallest absolute Gasteiger partial charge is 0.241 e. The van der Waals surface area contributed by atoms with E-state index in [2.05, 4.69) is 15.1 Å². The molecule has 132 valence electrons. The van der Waals surface area contributed by atoms with Gasteiger partial charge in [-0.1, -0.05) is 18.6 Å². The third kappa shape index (κ3) is 4.14. The van der Waals surface area contributed by atoms with Crippen LogP contribution in [0.2, 0.25) is 0 Å². The maximum absolute atomic E-state index is 13.7. The normalized spacial score (nSPS) is 22.2. The zero-order valence-electron chi connectivity index (χ0n) is 14.5. The number of piperidine rings is 2. The number of para-hydroxylation sites is 1. The van der Waals surface area contributed by atoms with Gasteiger partial charge in [0.05, 0.1) is 11.7 Å². The Morgan fingerprint density at radius 2 is 1.79 bits per heavy atom. The number of likely N-dealkylation sites (tertiary alicyclic amines) is 2. The molecule has 1 aromatic carbocycles. The summed E-state index contributed by atoms with van der Waals surface area (Å²) >= 11 is 0. The molecule has 1 atom stereocenters. The van der Waals surface area contributed by atoms with Crippen LogP contribution < -0.4 is 5.32 Å². The number of hydrogen-bond acceptors (Lipinski definition) is 3. The number of nitrogens with zero attached hydrogens (tertiary/aromatic N) is 2. The Balaban J connectivity index is 1.50. The highest BCUT2D eigenvalue weighted by molar-refractivity contribution is 5.94. The number of nitrogens with one attached hydrogen (secondary N) is 1. The SMILES string of the molecule is C[C@@H](C(=O)Nc1ccccc1F)N1CCC(N2CCCCC2)CC1. The van der Waals surface area contributed by atoms with Crippen molar-refractivity contribution in [3.8, 4) is 0 Å². The molecular weight excluding hydrogens is 305 g/mol. The molecule has 0 spiro atoms. The highest BCUT2D eigenvalue weighted by atomic mass is 19.1. The van der Waals surface area contributed by atoms with E-state index in [0.29, 0.717) is 6.04 Å². The van der Waals surface area contributed by atoms with Gasteiger partial charge in [0.2, 0.25) is 5.91 Å². The lowest BCUT2D eigenvalue weighted by Gasteiger charge is -2.41. The molecule has 0 unspecified atom stereocenters. The van der Waals surface area contributed by atoms with Crippen molar-refractivity contribution in [2.45, 2.75) is 51.1 Å². The van der Waals surface area contributed by atoms with E-state index in [0.717, 1.165) is 25.9 Å². The molecule has 0 aromatic heterocycles. The molecule has 0 bridgehead atoms. The lowest BCUT2D eigenvalue weighted by Crippen LogP contribution is -2.51. The molecule has 3 rings (SSSR count). The topological polar surface area (TPSA) is 35.6 Å². The predicted molar refractivity (Wildman–Crippen MR) is 94.5 cm³/mol. The van der Waals surface area contributed by atoms with Crippen LogP contribution in [0.1, 0.15) is 39.0 Å². The average molecular weight is 333 g/mol. The second kappa shape index (κ2) is 8.08. The van der Waals surface area contributed by atoms with Crippen molar-refractivity contribution >= 4 is 11.6 Å². The average Bonchev–Trinajstić information content (AvgIpc) is 2.64. The first-order valence-corrected chi connectivity index (χ1v) is 9.18. The van der Waals surface area contributed by atoms with Crippen LogP contribution in [0.15, 0.2) is 24.3 Å². The Labute approximate surface area is 144 Å². The maximum Gasteiger partial charge on any atom is 0.241 e. The quantitative estimate of drug-likeness (QED) is 0.920. The number of benzene rings is 1. The summed E-state index contributed by atoms with van der Waals surface area (Å²) in [5.74, 6) is -0.515. The second-order valence-electron chi connectivity index (χ2n) is 7.01. The second-order valence-corrected chi connectivity index (χ2v) is 7.01. The third-order valence-electron chi connectivity index (χ3n) is 5.47. The van der Waals surface area contributed by atoms with E-state index in [1.165, 1.54) is 38.4 Å². The molecule has 1 N–H and O–H groups in total. The molecule has 5 heteroatoms. The zero-order chi connectivity index (χ0) is 16.9. The minimum absolute atomic E-state index is 0.128. The molecule has 1 amide bonds. The van der Waals surface area contributed by atoms with Gasteiger partial charge in [0, 0.05) is 19.1 Å². The summed E-state index contributed by atoms with van der Waals surface area (Å²) in [6, 6.07) is 6.76. The van der Waals surface area contributed by atoms with Gasteiger partial charge in [-0.05, 0) is 57.8 Å². The summed E-state index contributed by atoms with van der Waals surface area (Å²) < 4.78 is 13.7. The van der Waals surface area contributed by atoms with Crippen LogP contribution in [0.4, 0.5) is 10.1 Å². The number of hydrogen-bond donors (Lipinski definition) is 1. The highest BCUT2D eigenvalue weighted by Crippen LogP contribution is 2.22. The van der Waals surface area contributed by atoms with E-state index in [4.69, 9.17) is 0 Å². The van der Waals surface area contributed by atoms with Crippen LogP contribution in [0.3, 0.4) is 0 Å². The van der Waals surface area contributed by atoms with Crippen molar-refractivity contribution in [3.05, 3.63) is 30.1 Å². The summed E-state index contributed by atoms with van der Waals surface area (Å²) in [5.41, 5.74) is 0.262. The molecule has 24 heavy (non-hydrogen) atoms. The van der Waals surface area contributed by atoms with Crippen molar-refractivity contribution in [1.82, 2.24) is 9.80 Å². The first-order chi connectivity index (χ1) is 11.6. The van der Waals surface area contributed by atoms with Crippen LogP contribution in [0, 0.1) is 5.82 Å². The van der Waals surface area contributed by atoms with E-state index in [1.807, 2.05) is 6.92 Å². The van der Waals surface area contributed by atoms with Crippen LogP contribution in [0.5, 0.6) is 0 Å². The Hall–Kier alpha value is -1.46. The van der Waals surface area contributed by atoms with Gasteiger partial charge in [0.25, 0.3) is 0 Å². The van der Waals surface area contributed by atoms with Crippen LogP contribution in [0.25, 0.3) is 0 Å². The van der Waals surface area contributed by atoms with Crippen molar-refractivity contribution < 1.29 is 9.18 Å². The maximum atomic E-state index is 13.7. The van der Waals surface area contributed by atoms with E-state index < -0.39 is 0 Å². The van der Waals surface area contributed by atoms with Gasteiger partial charge in [0.1, 0.15) is 5.82 Å². The van der Waals surface area contributed by atoms with Gasteiger partial charge in [-0.25, -0.2) is 4.39 Å². The van der Waals surface area contributed by atoms with Gasteiger partial charge in [-0.15, -0.1) is 0 Å². The number of carbonyl (C=O) groups is 1. The number of rotatable bonds is 4. The van der Waals surface area contributed by atoms with Crippen molar-refractivity contribution in [3.63, 3.8) is 0 Å². The molecule has 4 nitrogen and oxygen atoms in total. The Kier molecular flexibility index (Phi) is 5.85. The molecule has 2 aliphatic rings. The van der Waals surface area contributed by atoms with Crippen LogP contribution in [-0.2, 0) is 4.79 Å². The number of amides is 1. The molecule has 2 fully saturated rings. The Morgan fingerprint density at radius 1 is 1.12 bits per heavy atom. The van der Waals surface area contributed by atoms with E-state index in [1.54, 1.807) is 18.2 Å². The van der Waals surface area contributed by atoms with E-state index >= 15 is 0 Å². The molecule has 0 aliphatic carbocycles. The fourth-order valence-corrected chi connectivity index (χ4v) is 3.89. The first kappa shape index (κ1) is 17.4. The highest BCUT2D eigenvalue weighted by Gasteiger charge is 2.29. The van der Waals surface area contributed by atoms with Crippen molar-refractivity contribution in [2.75, 3.05) is 31.5 Å². The monoisotopic (exact) mass is 333 g/mol. The molecule has 0 saturated carbocycles. The fourth-order valence-electron chi connectivity index (χ4n) is 3.89. The molecule has 2 aliphatic heterocycles. The Morgan fingerprint density at radius 3 is 2.46 bits per heavy atom. The van der Waals surface area contributed by atoms with E-state index in [9.17, 15) is 9.18 Å². The van der Waals surface area contributed by atoms with Crippen molar-refractivity contribution in [2.24, 2.45) is 0 Å². The number of carbonyl (C=O) groups excluding carboxylic acids is 1. The van der Waals surface area contributed by atoms with Gasteiger partial charge < -0.3 is 10.2 Å². The van der Waals surface area contributed by atoms with Gasteiger partial charge in [-0.3, -0.25) is 9.69 Å². The summed E-state index contributed by atoms with van der Waals surface area (Å²) in [4.78, 5) is 17.3. The molecular formula is C19H28FN3O. The van der Waals surface area contributed by atoms with Gasteiger partial charge in [-0.2, -0.15) is 0 Å². The molecule has 0 radical (unpaired) electrons. The zero-order valence-corrected chi connectivity index (χ0v) is 14.5. The Bertz CT molecular complexity index is 551. The fraction of sp³-hybridized carbons (Fsp3) is 0.632. The molecule has 2 saturated heterocycles. The van der Waals surface area contributed by atoms with E-state index in [-0.39, 0.29) is 23.5 Å². The minimum atomic E-state index is -0.387. The first-order valence-electron chi connectivity index (χ1n) is 9.18. The van der Waals surface area contributed by atoms with Gasteiger partial charge in [0.15, 0.2) is 0 Å². The summed E-state index contributed by atoms with van der Waals surface area (Å²) in [6.45, 7) is 6.25. The largest absolute Gasteiger partial charge is 0.322 e. The number of halogens is 1. The van der Waals surface area contributed by atoms with Gasteiger partial charge >= 0.3 is 0 Å². The summed E-state index contributed by atoms with van der Waals surface area (Å²) in [7, 11) is 0. The lowest BCUT2D eigenvalue weighted by atomic mass is 9.99. The molecule has 2 heterocycles. The summed E-state index contributed by atoms with van der Waals surface area (Å²) in [6.07, 6.45) is 6.25. The third-order valence-corrected chi connectivity index (χ3v) is 5.47. The predicted octanol–water partition coefficient (Wildman–Crippen LogP) is 3.10. The molecule has 1 aromatic rings.